The van der Waals surface area contributed by atoms with Gasteiger partial charge in [-0.3, -0.25) is 10.2 Å². The molecule has 1 unspecified atom stereocenters. The Morgan fingerprint density at radius 1 is 1.25 bits per heavy atom. The van der Waals surface area contributed by atoms with Crippen LogP contribution in [-0.4, -0.2) is 32.4 Å². The first-order valence-electron chi connectivity index (χ1n) is 8.57. The van der Waals surface area contributed by atoms with Crippen molar-refractivity contribution >= 4 is 51.9 Å². The lowest BCUT2D eigenvalue weighted by atomic mass is 10.1. The molecule has 0 radical (unpaired) electrons. The number of thiocarbonyl (C=S) groups is 1. The number of amides is 1. The van der Waals surface area contributed by atoms with Gasteiger partial charge < -0.3 is 9.84 Å². The van der Waals surface area contributed by atoms with Gasteiger partial charge in [0, 0.05) is 5.56 Å². The molecule has 0 aromatic heterocycles. The van der Waals surface area contributed by atoms with Gasteiger partial charge in [0.2, 0.25) is 0 Å². The summed E-state index contributed by atoms with van der Waals surface area (Å²) in [6, 6.07) is 16.3. The first-order valence-corrected chi connectivity index (χ1v) is 9.80. The number of anilines is 1. The van der Waals surface area contributed by atoms with Crippen LogP contribution in [-0.2, 0) is 9.59 Å². The molecule has 28 heavy (non-hydrogen) atoms. The highest BCUT2D eigenvalue weighted by molar-refractivity contribution is 8.26. The number of carbonyl (C=O) groups is 2. The van der Waals surface area contributed by atoms with Crippen LogP contribution in [0.2, 0.25) is 0 Å². The molecule has 0 aliphatic carbocycles. The van der Waals surface area contributed by atoms with E-state index in [0.29, 0.717) is 27.0 Å². The number of benzene rings is 2. The number of hydrazine groups is 1. The van der Waals surface area contributed by atoms with Crippen LogP contribution in [0.3, 0.4) is 0 Å². The lowest BCUT2D eigenvalue weighted by Gasteiger charge is -2.17. The monoisotopic (exact) mass is 414 g/mol. The van der Waals surface area contributed by atoms with Crippen LogP contribution in [0.15, 0.2) is 59.5 Å². The summed E-state index contributed by atoms with van der Waals surface area (Å²) in [6.45, 7) is 1.74. The highest BCUT2D eigenvalue weighted by Crippen LogP contribution is 2.34. The Bertz CT molecular complexity index is 931. The van der Waals surface area contributed by atoms with E-state index in [1.54, 1.807) is 37.3 Å². The molecule has 1 amide bonds. The standard InChI is InChI=1S/C20H18N2O4S2/c1-2-15(19(24)25)26-16-11-7-6-8-13(16)12-17-18(23)22(20(27)28-17)21-14-9-4-3-5-10-14/h3-12,15,21H,2H2,1H3,(H,24,25)/b17-12+. The van der Waals surface area contributed by atoms with Gasteiger partial charge in [0.15, 0.2) is 10.4 Å². The number of hydrogen-bond donors (Lipinski definition) is 2. The number of thioether (sulfide) groups is 1. The summed E-state index contributed by atoms with van der Waals surface area (Å²) >= 11 is 6.49. The Labute approximate surface area is 172 Å². The topological polar surface area (TPSA) is 78.9 Å². The van der Waals surface area contributed by atoms with Crippen molar-refractivity contribution < 1.29 is 19.4 Å². The van der Waals surface area contributed by atoms with Crippen molar-refractivity contribution in [1.82, 2.24) is 5.01 Å². The summed E-state index contributed by atoms with van der Waals surface area (Å²) in [6.07, 6.45) is 1.03. The Hall–Kier alpha value is -2.84. The van der Waals surface area contributed by atoms with Crippen molar-refractivity contribution in [1.29, 1.82) is 0 Å². The van der Waals surface area contributed by atoms with Gasteiger partial charge in [-0.25, -0.2) is 9.80 Å². The number of nitrogens with zero attached hydrogens (tertiary/aromatic N) is 1. The lowest BCUT2D eigenvalue weighted by Crippen LogP contribution is -2.33. The predicted molar refractivity (Wildman–Crippen MR) is 114 cm³/mol. The van der Waals surface area contributed by atoms with Crippen molar-refractivity contribution in [3.05, 3.63) is 65.1 Å². The number of rotatable bonds is 7. The lowest BCUT2D eigenvalue weighted by molar-refractivity contribution is -0.145. The molecule has 2 aromatic rings. The zero-order chi connectivity index (χ0) is 20.1. The van der Waals surface area contributed by atoms with Crippen molar-refractivity contribution in [3.63, 3.8) is 0 Å². The Morgan fingerprint density at radius 2 is 1.93 bits per heavy atom. The molecule has 8 heteroatoms. The molecule has 2 N–H and O–H groups in total. The molecular formula is C20H18N2O4S2. The molecule has 0 spiro atoms. The largest absolute Gasteiger partial charge is 0.479 e. The smallest absolute Gasteiger partial charge is 0.344 e. The van der Waals surface area contributed by atoms with E-state index in [-0.39, 0.29) is 5.91 Å². The third kappa shape index (κ3) is 4.52. The normalized spacial score (nSPS) is 16.3. The van der Waals surface area contributed by atoms with E-state index < -0.39 is 12.1 Å². The van der Waals surface area contributed by atoms with Crippen molar-refractivity contribution in [3.8, 4) is 5.75 Å². The minimum Gasteiger partial charge on any atom is -0.479 e. The van der Waals surface area contributed by atoms with Crippen molar-refractivity contribution in [2.45, 2.75) is 19.4 Å². The van der Waals surface area contributed by atoms with E-state index in [2.05, 4.69) is 5.43 Å². The van der Waals surface area contributed by atoms with Crippen molar-refractivity contribution in [2.75, 3.05) is 5.43 Å². The Balaban J connectivity index is 1.83. The van der Waals surface area contributed by atoms with E-state index in [4.69, 9.17) is 17.0 Å². The van der Waals surface area contributed by atoms with E-state index >= 15 is 0 Å². The van der Waals surface area contributed by atoms with Crippen LogP contribution in [0.1, 0.15) is 18.9 Å². The number of ether oxygens (including phenoxy) is 1. The number of carboxylic acids is 1. The zero-order valence-electron chi connectivity index (χ0n) is 15.0. The minimum absolute atomic E-state index is 0.279. The SMILES string of the molecule is CCC(Oc1ccccc1/C=C1/SC(=S)N(Nc2ccccc2)C1=O)C(=O)O. The fourth-order valence-corrected chi connectivity index (χ4v) is 3.69. The van der Waals surface area contributed by atoms with Gasteiger partial charge in [-0.1, -0.05) is 55.1 Å². The third-order valence-corrected chi connectivity index (χ3v) is 5.23. The molecule has 2 aromatic carbocycles. The third-order valence-electron chi connectivity index (χ3n) is 3.93. The van der Waals surface area contributed by atoms with E-state index in [0.717, 1.165) is 5.69 Å². The first-order chi connectivity index (χ1) is 13.5. The minimum atomic E-state index is -1.03. The first kappa shape index (κ1) is 19.9. The summed E-state index contributed by atoms with van der Waals surface area (Å²) in [5.41, 5.74) is 4.36. The number of para-hydroxylation sites is 2. The Morgan fingerprint density at radius 3 is 2.61 bits per heavy atom. The summed E-state index contributed by atoms with van der Waals surface area (Å²) in [4.78, 5) is 24.5. The van der Waals surface area contributed by atoms with Crippen LogP contribution in [0.4, 0.5) is 5.69 Å². The maximum Gasteiger partial charge on any atom is 0.344 e. The molecular weight excluding hydrogens is 396 g/mol. The second kappa shape index (κ2) is 8.90. The number of hydrogen-bond acceptors (Lipinski definition) is 6. The highest BCUT2D eigenvalue weighted by atomic mass is 32.2. The number of carboxylic acid groups (broad SMARTS) is 1. The van der Waals surface area contributed by atoms with Gasteiger partial charge >= 0.3 is 5.97 Å². The molecule has 0 bridgehead atoms. The second-order valence-corrected chi connectivity index (χ2v) is 7.56. The van der Waals surface area contributed by atoms with Gasteiger partial charge in [0.05, 0.1) is 10.6 Å². The molecule has 144 valence electrons. The van der Waals surface area contributed by atoms with Gasteiger partial charge in [-0.05, 0) is 42.9 Å². The zero-order valence-corrected chi connectivity index (χ0v) is 16.6. The van der Waals surface area contributed by atoms with Gasteiger partial charge in [0.1, 0.15) is 5.75 Å². The molecule has 1 aliphatic heterocycles. The van der Waals surface area contributed by atoms with E-state index in [1.807, 2.05) is 30.3 Å². The average Bonchev–Trinajstić information content (AvgIpc) is 2.95. The molecule has 1 atom stereocenters. The van der Waals surface area contributed by atoms with Crippen LogP contribution < -0.4 is 10.2 Å². The summed E-state index contributed by atoms with van der Waals surface area (Å²) in [5.74, 6) is -0.910. The molecule has 1 saturated heterocycles. The molecule has 1 heterocycles. The second-order valence-electron chi connectivity index (χ2n) is 5.89. The number of carbonyl (C=O) groups excluding carboxylic acids is 1. The van der Waals surface area contributed by atoms with E-state index in [1.165, 1.54) is 16.8 Å². The molecule has 1 aliphatic rings. The summed E-state index contributed by atoms with van der Waals surface area (Å²) in [5, 5.41) is 10.5. The maximum atomic E-state index is 12.8. The van der Waals surface area contributed by atoms with Crippen LogP contribution in [0, 0.1) is 0 Å². The molecule has 0 saturated carbocycles. The van der Waals surface area contributed by atoms with Gasteiger partial charge in [0.25, 0.3) is 5.91 Å². The molecule has 1 fully saturated rings. The molecule has 3 rings (SSSR count). The maximum absolute atomic E-state index is 12.8. The molecule has 6 nitrogen and oxygen atoms in total. The highest BCUT2D eigenvalue weighted by Gasteiger charge is 2.32. The summed E-state index contributed by atoms with van der Waals surface area (Å²) < 4.78 is 6.01. The number of nitrogens with one attached hydrogen (secondary N) is 1. The summed E-state index contributed by atoms with van der Waals surface area (Å²) in [7, 11) is 0. The number of aliphatic carboxylic acids is 1. The van der Waals surface area contributed by atoms with Crippen LogP contribution in [0.25, 0.3) is 6.08 Å². The fourth-order valence-electron chi connectivity index (χ4n) is 2.52. The quantitative estimate of drug-likeness (QED) is 0.520. The average molecular weight is 415 g/mol. The van der Waals surface area contributed by atoms with Crippen molar-refractivity contribution in [2.24, 2.45) is 0 Å². The van der Waals surface area contributed by atoms with Crippen LogP contribution >= 0.6 is 24.0 Å². The Kier molecular flexibility index (Phi) is 6.33. The van der Waals surface area contributed by atoms with Gasteiger partial charge in [-0.15, -0.1) is 0 Å². The van der Waals surface area contributed by atoms with E-state index in [9.17, 15) is 14.7 Å². The fraction of sp³-hybridized carbons (Fsp3) is 0.150. The van der Waals surface area contributed by atoms with Gasteiger partial charge in [-0.2, -0.15) is 0 Å². The van der Waals surface area contributed by atoms with Crippen LogP contribution in [0.5, 0.6) is 5.75 Å². The predicted octanol–water partition coefficient (Wildman–Crippen LogP) is 4.16.